The summed E-state index contributed by atoms with van der Waals surface area (Å²) in [5, 5.41) is 2.43. The van der Waals surface area contributed by atoms with Crippen molar-refractivity contribution in [2.45, 2.75) is 52.4 Å². The largest absolute Gasteiger partial charge is 0.324 e. The van der Waals surface area contributed by atoms with Crippen molar-refractivity contribution >= 4 is 23.5 Å². The Kier molecular flexibility index (Phi) is 6.88. The highest BCUT2D eigenvalue weighted by atomic mass is 16.2. The van der Waals surface area contributed by atoms with E-state index in [1.54, 1.807) is 42.2 Å². The average molecular weight is 471 g/mol. The molecule has 0 unspecified atom stereocenters. The molecule has 1 heterocycles. The molecule has 1 saturated carbocycles. The molecule has 0 aromatic heterocycles. The summed E-state index contributed by atoms with van der Waals surface area (Å²) >= 11 is 0. The molecule has 2 aromatic carbocycles. The zero-order chi connectivity index (χ0) is 25.2. The van der Waals surface area contributed by atoms with Gasteiger partial charge >= 0.3 is 6.03 Å². The Labute approximate surface area is 206 Å². The lowest BCUT2D eigenvalue weighted by Gasteiger charge is -2.44. The van der Waals surface area contributed by atoms with Gasteiger partial charge in [0.05, 0.1) is 0 Å². The van der Waals surface area contributed by atoms with Crippen LogP contribution in [0.3, 0.4) is 0 Å². The van der Waals surface area contributed by atoms with Crippen molar-refractivity contribution in [1.29, 1.82) is 0 Å². The van der Waals surface area contributed by atoms with E-state index in [9.17, 15) is 19.2 Å². The molecule has 1 saturated heterocycles. The van der Waals surface area contributed by atoms with Crippen molar-refractivity contribution in [2.75, 3.05) is 13.1 Å². The van der Waals surface area contributed by atoms with Crippen molar-refractivity contribution in [3.63, 3.8) is 0 Å². The highest BCUT2D eigenvalue weighted by molar-refractivity contribution is 6.10. The van der Waals surface area contributed by atoms with Crippen molar-refractivity contribution in [1.82, 2.24) is 10.2 Å². The van der Waals surface area contributed by atoms with Crippen LogP contribution in [0.15, 0.2) is 42.5 Å². The SMILES string of the molecule is CC#Cc1cc(C)c(C2C(=O)CC3(CCN(C(=O)NC(=O)c4ccccc4)CC3)CC2=O)c(C)c1. The number of imide groups is 1. The predicted octanol–water partition coefficient (Wildman–Crippen LogP) is 4.32. The zero-order valence-corrected chi connectivity index (χ0v) is 20.4. The molecular weight excluding hydrogens is 440 g/mol. The number of carbonyl (C=O) groups is 4. The molecule has 2 aliphatic rings. The molecule has 1 spiro atoms. The minimum atomic E-state index is -0.728. The number of rotatable bonds is 2. The molecule has 6 nitrogen and oxygen atoms in total. The maximum Gasteiger partial charge on any atom is 0.324 e. The third-order valence-electron chi connectivity index (χ3n) is 7.26. The predicted molar refractivity (Wildman–Crippen MR) is 133 cm³/mol. The molecule has 2 aromatic rings. The average Bonchev–Trinajstić information content (AvgIpc) is 2.81. The first kappa shape index (κ1) is 24.4. The number of amides is 3. The molecule has 1 aliphatic heterocycles. The van der Waals surface area contributed by atoms with Gasteiger partial charge in [0.15, 0.2) is 0 Å². The van der Waals surface area contributed by atoms with Gasteiger partial charge in [-0.2, -0.15) is 0 Å². The van der Waals surface area contributed by atoms with Crippen molar-refractivity contribution in [3.8, 4) is 11.8 Å². The molecule has 180 valence electrons. The lowest BCUT2D eigenvalue weighted by molar-refractivity contribution is -0.138. The van der Waals surface area contributed by atoms with Crippen LogP contribution in [0.1, 0.15) is 71.1 Å². The molecule has 2 fully saturated rings. The molecule has 0 radical (unpaired) electrons. The monoisotopic (exact) mass is 470 g/mol. The Morgan fingerprint density at radius 1 is 0.971 bits per heavy atom. The maximum absolute atomic E-state index is 13.3. The van der Waals surface area contributed by atoms with Gasteiger partial charge in [-0.1, -0.05) is 24.1 Å². The number of Topliss-reactive ketones (excluding diaryl/α,β-unsaturated/α-hetero) is 2. The number of urea groups is 1. The van der Waals surface area contributed by atoms with E-state index in [0.717, 1.165) is 22.3 Å². The zero-order valence-electron chi connectivity index (χ0n) is 20.4. The number of hydrogen-bond donors (Lipinski definition) is 1. The van der Waals surface area contributed by atoms with E-state index < -0.39 is 23.3 Å². The van der Waals surface area contributed by atoms with Crippen LogP contribution in [-0.4, -0.2) is 41.5 Å². The first-order chi connectivity index (χ1) is 16.7. The topological polar surface area (TPSA) is 83.6 Å². The quantitative estimate of drug-likeness (QED) is 0.523. The molecule has 1 N–H and O–H groups in total. The second kappa shape index (κ2) is 9.87. The van der Waals surface area contributed by atoms with Crippen LogP contribution in [0.2, 0.25) is 0 Å². The van der Waals surface area contributed by atoms with E-state index >= 15 is 0 Å². The Hall–Kier alpha value is -3.72. The highest BCUT2D eigenvalue weighted by Gasteiger charge is 2.47. The summed E-state index contributed by atoms with van der Waals surface area (Å²) < 4.78 is 0. The first-order valence-corrected chi connectivity index (χ1v) is 12.0. The van der Waals surface area contributed by atoms with E-state index in [2.05, 4.69) is 17.2 Å². The molecular formula is C29H30N2O4. The Morgan fingerprint density at radius 2 is 1.54 bits per heavy atom. The van der Waals surface area contributed by atoms with Crippen LogP contribution in [0, 0.1) is 31.1 Å². The van der Waals surface area contributed by atoms with E-state index in [-0.39, 0.29) is 11.6 Å². The van der Waals surface area contributed by atoms with Gasteiger partial charge in [-0.05, 0) is 80.0 Å². The Bertz CT molecular complexity index is 1200. The minimum absolute atomic E-state index is 0.0427. The molecule has 0 bridgehead atoms. The van der Waals surface area contributed by atoms with Crippen LogP contribution in [0.4, 0.5) is 4.79 Å². The summed E-state index contributed by atoms with van der Waals surface area (Å²) in [5.74, 6) is 4.68. The number of nitrogens with zero attached hydrogens (tertiary/aromatic N) is 1. The van der Waals surface area contributed by atoms with Crippen LogP contribution in [0.5, 0.6) is 0 Å². The number of likely N-dealkylation sites (tertiary alicyclic amines) is 1. The van der Waals surface area contributed by atoms with Gasteiger partial charge in [0, 0.05) is 37.1 Å². The van der Waals surface area contributed by atoms with Crippen molar-refractivity contribution in [2.24, 2.45) is 5.41 Å². The van der Waals surface area contributed by atoms with Gasteiger partial charge in [0.25, 0.3) is 5.91 Å². The lowest BCUT2D eigenvalue weighted by Crippen LogP contribution is -2.51. The van der Waals surface area contributed by atoms with Gasteiger partial charge in [0.1, 0.15) is 17.5 Å². The summed E-state index contributed by atoms with van der Waals surface area (Å²) in [6.07, 6.45) is 1.79. The molecule has 4 rings (SSSR count). The second-order valence-corrected chi connectivity index (χ2v) is 9.73. The smallest absolute Gasteiger partial charge is 0.324 e. The molecule has 0 atom stereocenters. The van der Waals surface area contributed by atoms with E-state index in [4.69, 9.17) is 0 Å². The van der Waals surface area contributed by atoms with Gasteiger partial charge in [0.2, 0.25) is 0 Å². The van der Waals surface area contributed by atoms with Crippen LogP contribution >= 0.6 is 0 Å². The number of hydrogen-bond acceptors (Lipinski definition) is 4. The standard InChI is InChI=1S/C29H30N2O4/c1-4-8-21-15-19(2)25(20(3)16-21)26-23(32)17-29(18-24(26)33)11-13-31(14-12-29)28(35)30-27(34)22-9-6-5-7-10-22/h5-7,9-10,15-16,26H,11-14,17-18H2,1-3H3,(H,30,34,35). The van der Waals surface area contributed by atoms with Gasteiger partial charge < -0.3 is 4.90 Å². The lowest BCUT2D eigenvalue weighted by atomic mass is 9.62. The molecule has 3 amide bonds. The third-order valence-corrected chi connectivity index (χ3v) is 7.26. The number of piperidine rings is 1. The summed E-state index contributed by atoms with van der Waals surface area (Å²) in [4.78, 5) is 53.2. The van der Waals surface area contributed by atoms with E-state index in [0.29, 0.717) is 44.3 Å². The highest BCUT2D eigenvalue weighted by Crippen LogP contribution is 2.46. The third kappa shape index (κ3) is 5.05. The van der Waals surface area contributed by atoms with Gasteiger partial charge in [-0.15, -0.1) is 5.92 Å². The number of aryl methyl sites for hydroxylation is 2. The summed E-state index contributed by atoms with van der Waals surface area (Å²) in [6, 6.07) is 12.0. The fourth-order valence-corrected chi connectivity index (χ4v) is 5.53. The molecule has 35 heavy (non-hydrogen) atoms. The molecule has 6 heteroatoms. The molecule has 1 aliphatic carbocycles. The van der Waals surface area contributed by atoms with Gasteiger partial charge in [-0.25, -0.2) is 4.79 Å². The minimum Gasteiger partial charge on any atom is -0.324 e. The summed E-state index contributed by atoms with van der Waals surface area (Å²) in [7, 11) is 0. The van der Waals surface area contributed by atoms with Crippen LogP contribution < -0.4 is 5.32 Å². The van der Waals surface area contributed by atoms with E-state index in [1.807, 2.05) is 26.0 Å². The first-order valence-electron chi connectivity index (χ1n) is 12.0. The van der Waals surface area contributed by atoms with Gasteiger partial charge in [-0.3, -0.25) is 19.7 Å². The number of carbonyl (C=O) groups excluding carboxylic acids is 4. The fraction of sp³-hybridized carbons (Fsp3) is 0.379. The summed E-state index contributed by atoms with van der Waals surface area (Å²) in [5.41, 5.74) is 3.53. The van der Waals surface area contributed by atoms with E-state index in [1.165, 1.54) is 0 Å². The van der Waals surface area contributed by atoms with Crippen LogP contribution in [-0.2, 0) is 9.59 Å². The van der Waals surface area contributed by atoms with Crippen molar-refractivity contribution in [3.05, 3.63) is 70.3 Å². The Morgan fingerprint density at radius 3 is 2.09 bits per heavy atom. The number of benzene rings is 2. The number of nitrogens with one attached hydrogen (secondary N) is 1. The fourth-order valence-electron chi connectivity index (χ4n) is 5.53. The second-order valence-electron chi connectivity index (χ2n) is 9.73. The Balaban J connectivity index is 1.42. The number of ketones is 2. The normalized spacial score (nSPS) is 17.6. The van der Waals surface area contributed by atoms with Crippen molar-refractivity contribution < 1.29 is 19.2 Å². The van der Waals surface area contributed by atoms with Crippen LogP contribution in [0.25, 0.3) is 0 Å². The summed E-state index contributed by atoms with van der Waals surface area (Å²) in [6.45, 7) is 6.45. The maximum atomic E-state index is 13.3.